The quantitative estimate of drug-likeness (QED) is 0.170. The van der Waals surface area contributed by atoms with E-state index in [-0.39, 0.29) is 0 Å². The Morgan fingerprint density at radius 2 is 2.50 bits per heavy atom. The van der Waals surface area contributed by atoms with Crippen LogP contribution in [0.1, 0.15) is 0 Å². The average Bonchev–Trinajstić information content (AvgIpc) is 1.83. The van der Waals surface area contributed by atoms with Crippen LogP contribution in [0.5, 0.6) is 0 Å². The maximum Gasteiger partial charge on any atom is 0.248 e. The van der Waals surface area contributed by atoms with Gasteiger partial charge in [0, 0.05) is 0 Å². The van der Waals surface area contributed by atoms with Crippen molar-refractivity contribution < 1.29 is 10.0 Å². The first-order valence-electron chi connectivity index (χ1n) is 1.90. The third-order valence-electron chi connectivity index (χ3n) is 0.450. The first kappa shape index (κ1) is 6.68. The highest BCUT2D eigenvalue weighted by atomic mass is 16.4. The van der Waals surface area contributed by atoms with Gasteiger partial charge in [0.15, 0.2) is 0 Å². The molecule has 0 atom stereocenters. The van der Waals surface area contributed by atoms with Crippen LogP contribution in [0.4, 0.5) is 0 Å². The topological polar surface area (TPSA) is 61.7 Å². The molecule has 0 saturated carbocycles. The van der Waals surface area contributed by atoms with E-state index in [1.807, 2.05) is 0 Å². The van der Waals surface area contributed by atoms with Crippen molar-refractivity contribution in [3.63, 3.8) is 0 Å². The Morgan fingerprint density at radius 1 is 1.88 bits per heavy atom. The van der Waals surface area contributed by atoms with E-state index >= 15 is 0 Å². The largest absolute Gasteiger partial charge is 0.410 e. The molecular weight excluding hydrogens is 108 g/mol. The van der Waals surface area contributed by atoms with Gasteiger partial charge in [-0.3, -0.25) is 4.79 Å². The number of hydrogen-bond donors (Lipinski definition) is 2. The van der Waals surface area contributed by atoms with Gasteiger partial charge < -0.3 is 10.5 Å². The molecule has 0 aliphatic rings. The molecule has 0 aliphatic heterocycles. The SMILES string of the molecule is C=CC(=O)NC=NO. The van der Waals surface area contributed by atoms with Crippen molar-refractivity contribution >= 4 is 12.2 Å². The predicted octanol–water partition coefficient (Wildman–Crippen LogP) is -0.294. The molecule has 0 saturated heterocycles. The summed E-state index contributed by atoms with van der Waals surface area (Å²) >= 11 is 0. The lowest BCUT2D eigenvalue weighted by Gasteiger charge is -1.85. The number of hydrogen-bond acceptors (Lipinski definition) is 3. The van der Waals surface area contributed by atoms with Gasteiger partial charge in [-0.1, -0.05) is 11.7 Å². The number of carbonyl (C=O) groups excluding carboxylic acids is 1. The third-order valence-corrected chi connectivity index (χ3v) is 0.450. The predicted molar refractivity (Wildman–Crippen MR) is 28.6 cm³/mol. The number of nitrogens with zero attached hydrogens (tertiary/aromatic N) is 1. The fraction of sp³-hybridized carbons (Fsp3) is 0. The fourth-order valence-electron chi connectivity index (χ4n) is 0.151. The van der Waals surface area contributed by atoms with Crippen molar-refractivity contribution in [2.75, 3.05) is 0 Å². The number of rotatable bonds is 2. The van der Waals surface area contributed by atoms with E-state index in [1.165, 1.54) is 0 Å². The van der Waals surface area contributed by atoms with Crippen molar-refractivity contribution in [1.29, 1.82) is 0 Å². The number of amides is 1. The van der Waals surface area contributed by atoms with Crippen LogP contribution >= 0.6 is 0 Å². The summed E-state index contributed by atoms with van der Waals surface area (Å²) in [6.07, 6.45) is 1.94. The molecule has 0 spiro atoms. The van der Waals surface area contributed by atoms with Gasteiger partial charge >= 0.3 is 0 Å². The lowest BCUT2D eigenvalue weighted by molar-refractivity contribution is -0.115. The minimum Gasteiger partial charge on any atom is -0.410 e. The molecule has 0 fully saturated rings. The minimum atomic E-state index is -0.400. The Morgan fingerprint density at radius 3 is 2.88 bits per heavy atom. The van der Waals surface area contributed by atoms with E-state index in [9.17, 15) is 4.79 Å². The van der Waals surface area contributed by atoms with Crippen molar-refractivity contribution in [1.82, 2.24) is 5.32 Å². The van der Waals surface area contributed by atoms with Crippen molar-refractivity contribution in [2.24, 2.45) is 5.16 Å². The monoisotopic (exact) mass is 114 g/mol. The van der Waals surface area contributed by atoms with Gasteiger partial charge in [0.05, 0.1) is 0 Å². The van der Waals surface area contributed by atoms with Gasteiger partial charge in [0.25, 0.3) is 0 Å². The van der Waals surface area contributed by atoms with Crippen molar-refractivity contribution in [3.05, 3.63) is 12.7 Å². The molecule has 4 nitrogen and oxygen atoms in total. The van der Waals surface area contributed by atoms with Gasteiger partial charge in [-0.2, -0.15) is 0 Å². The number of oxime groups is 1. The zero-order valence-corrected chi connectivity index (χ0v) is 4.16. The highest BCUT2D eigenvalue weighted by Gasteiger charge is 1.84. The minimum absolute atomic E-state index is 0.400. The summed E-state index contributed by atoms with van der Waals surface area (Å²) in [5.41, 5.74) is 0. The van der Waals surface area contributed by atoms with E-state index in [0.29, 0.717) is 0 Å². The molecule has 0 aliphatic carbocycles. The van der Waals surface area contributed by atoms with E-state index in [2.05, 4.69) is 17.1 Å². The van der Waals surface area contributed by atoms with Crippen LogP contribution in [0.15, 0.2) is 17.8 Å². The first-order chi connectivity index (χ1) is 3.81. The molecule has 0 radical (unpaired) electrons. The van der Waals surface area contributed by atoms with Gasteiger partial charge in [-0.05, 0) is 6.08 Å². The summed E-state index contributed by atoms with van der Waals surface area (Å²) < 4.78 is 0. The van der Waals surface area contributed by atoms with E-state index in [0.717, 1.165) is 12.4 Å². The lowest BCUT2D eigenvalue weighted by Crippen LogP contribution is -2.17. The summed E-state index contributed by atoms with van der Waals surface area (Å²) in [5.74, 6) is -0.400. The van der Waals surface area contributed by atoms with Crippen molar-refractivity contribution in [2.45, 2.75) is 0 Å². The average molecular weight is 114 g/mol. The highest BCUT2D eigenvalue weighted by molar-refractivity contribution is 5.94. The normalized spacial score (nSPS) is 9.00. The second-order valence-electron chi connectivity index (χ2n) is 0.957. The summed E-state index contributed by atoms with van der Waals surface area (Å²) in [6.45, 7) is 3.16. The Labute approximate surface area is 46.5 Å². The second-order valence-corrected chi connectivity index (χ2v) is 0.957. The van der Waals surface area contributed by atoms with E-state index < -0.39 is 5.91 Å². The molecule has 0 rings (SSSR count). The molecule has 0 bridgehead atoms. The summed E-state index contributed by atoms with van der Waals surface area (Å²) in [6, 6.07) is 0. The van der Waals surface area contributed by atoms with E-state index in [1.54, 1.807) is 0 Å². The Hall–Kier alpha value is -1.32. The van der Waals surface area contributed by atoms with Gasteiger partial charge in [0.1, 0.15) is 6.34 Å². The lowest BCUT2D eigenvalue weighted by atomic mass is 10.6. The summed E-state index contributed by atoms with van der Waals surface area (Å²) in [7, 11) is 0. The zero-order chi connectivity index (χ0) is 6.41. The van der Waals surface area contributed by atoms with Gasteiger partial charge in [0.2, 0.25) is 5.91 Å². The van der Waals surface area contributed by atoms with Gasteiger partial charge in [-0.25, -0.2) is 0 Å². The number of carbonyl (C=O) groups is 1. The molecule has 0 heterocycles. The van der Waals surface area contributed by atoms with E-state index in [4.69, 9.17) is 5.21 Å². The Balaban J connectivity index is 3.39. The summed E-state index contributed by atoms with van der Waals surface area (Å²) in [4.78, 5) is 10.1. The number of nitrogens with one attached hydrogen (secondary N) is 1. The van der Waals surface area contributed by atoms with Crippen LogP contribution in [-0.2, 0) is 4.79 Å². The van der Waals surface area contributed by atoms with Crippen LogP contribution in [0, 0.1) is 0 Å². The molecule has 4 heteroatoms. The van der Waals surface area contributed by atoms with Crippen LogP contribution in [-0.4, -0.2) is 17.5 Å². The molecule has 0 aromatic carbocycles. The van der Waals surface area contributed by atoms with Gasteiger partial charge in [-0.15, -0.1) is 0 Å². The highest BCUT2D eigenvalue weighted by Crippen LogP contribution is 1.59. The molecule has 0 unspecified atom stereocenters. The van der Waals surface area contributed by atoms with Crippen LogP contribution in [0.3, 0.4) is 0 Å². The molecule has 2 N–H and O–H groups in total. The first-order valence-corrected chi connectivity index (χ1v) is 1.90. The maximum atomic E-state index is 10.1. The zero-order valence-electron chi connectivity index (χ0n) is 4.16. The Bertz CT molecular complexity index is 119. The molecule has 44 valence electrons. The maximum absolute atomic E-state index is 10.1. The standard InChI is InChI=1S/C4H6N2O2/c1-2-4(7)5-3-6-8/h2-3,8H,1H2,(H,5,6,7). The van der Waals surface area contributed by atoms with Crippen LogP contribution in [0.25, 0.3) is 0 Å². The van der Waals surface area contributed by atoms with Crippen molar-refractivity contribution in [3.8, 4) is 0 Å². The van der Waals surface area contributed by atoms with Crippen LogP contribution in [0.2, 0.25) is 0 Å². The molecule has 8 heavy (non-hydrogen) atoms. The second kappa shape index (κ2) is 3.86. The molecule has 0 aromatic heterocycles. The molecular formula is C4H6N2O2. The molecule has 0 aromatic rings. The fourth-order valence-corrected chi connectivity index (χ4v) is 0.151. The Kier molecular flexibility index (Phi) is 3.22. The molecule has 1 amide bonds. The smallest absolute Gasteiger partial charge is 0.248 e. The van der Waals surface area contributed by atoms with Crippen LogP contribution < -0.4 is 5.32 Å². The summed E-state index contributed by atoms with van der Waals surface area (Å²) in [5, 5.41) is 12.3. The third kappa shape index (κ3) is 2.89.